The third-order valence-electron chi connectivity index (χ3n) is 3.38. The van der Waals surface area contributed by atoms with Crippen molar-refractivity contribution in [3.8, 4) is 0 Å². The Morgan fingerprint density at radius 1 is 1.43 bits per heavy atom. The van der Waals surface area contributed by atoms with Gasteiger partial charge in [0.05, 0.1) is 6.61 Å². The molecule has 0 spiro atoms. The fourth-order valence-electron chi connectivity index (χ4n) is 2.37. The van der Waals surface area contributed by atoms with Gasteiger partial charge in [0.15, 0.2) is 0 Å². The lowest BCUT2D eigenvalue weighted by Crippen LogP contribution is -2.43. The monoisotopic (exact) mass is 198 g/mol. The number of likely N-dealkylation sites (N-methyl/N-ethyl adjacent to an activating group) is 1. The van der Waals surface area contributed by atoms with E-state index in [4.69, 9.17) is 4.74 Å². The predicted octanol–water partition coefficient (Wildman–Crippen LogP) is 0.705. The molecule has 0 bridgehead atoms. The molecule has 1 aliphatic carbocycles. The summed E-state index contributed by atoms with van der Waals surface area (Å²) in [7, 11) is 4.00. The maximum Gasteiger partial charge on any atom is 0.0618 e. The molecule has 0 radical (unpaired) electrons. The summed E-state index contributed by atoms with van der Waals surface area (Å²) in [5.74, 6) is 0.890. The molecule has 2 rings (SSSR count). The van der Waals surface area contributed by atoms with Crippen molar-refractivity contribution in [2.45, 2.75) is 31.3 Å². The van der Waals surface area contributed by atoms with Crippen molar-refractivity contribution in [2.24, 2.45) is 5.92 Å². The highest BCUT2D eigenvalue weighted by molar-refractivity contribution is 4.90. The summed E-state index contributed by atoms with van der Waals surface area (Å²) in [5.41, 5.74) is 0. The normalized spacial score (nSPS) is 30.9. The summed E-state index contributed by atoms with van der Waals surface area (Å²) in [6, 6.07) is 1.30. The minimum absolute atomic E-state index is 0.608. The molecular weight excluding hydrogens is 176 g/mol. The Morgan fingerprint density at radius 2 is 2.21 bits per heavy atom. The smallest absolute Gasteiger partial charge is 0.0618 e. The van der Waals surface area contributed by atoms with Crippen LogP contribution in [-0.2, 0) is 4.74 Å². The molecule has 1 saturated heterocycles. The molecule has 0 aromatic carbocycles. The molecule has 1 N–H and O–H groups in total. The zero-order valence-electron chi connectivity index (χ0n) is 9.33. The van der Waals surface area contributed by atoms with Crippen LogP contribution in [0.1, 0.15) is 19.3 Å². The molecule has 3 heteroatoms. The van der Waals surface area contributed by atoms with Gasteiger partial charge in [-0.1, -0.05) is 0 Å². The van der Waals surface area contributed by atoms with E-state index in [1.807, 2.05) is 0 Å². The van der Waals surface area contributed by atoms with E-state index in [1.54, 1.807) is 7.11 Å². The van der Waals surface area contributed by atoms with Crippen molar-refractivity contribution < 1.29 is 4.74 Å². The first-order chi connectivity index (χ1) is 6.79. The van der Waals surface area contributed by atoms with Gasteiger partial charge in [-0.15, -0.1) is 0 Å². The third-order valence-corrected chi connectivity index (χ3v) is 3.38. The molecule has 1 heterocycles. The van der Waals surface area contributed by atoms with Crippen molar-refractivity contribution in [2.75, 3.05) is 33.9 Å². The third kappa shape index (κ3) is 2.69. The maximum atomic E-state index is 5.27. The lowest BCUT2D eigenvalue weighted by Gasteiger charge is -2.22. The van der Waals surface area contributed by atoms with Crippen LogP contribution in [0, 0.1) is 5.92 Å². The molecule has 2 atom stereocenters. The van der Waals surface area contributed by atoms with E-state index in [9.17, 15) is 0 Å². The fourth-order valence-corrected chi connectivity index (χ4v) is 2.37. The first-order valence-electron chi connectivity index (χ1n) is 5.73. The Labute approximate surface area is 86.8 Å². The van der Waals surface area contributed by atoms with Gasteiger partial charge < -0.3 is 15.0 Å². The largest absolute Gasteiger partial charge is 0.383 e. The number of methoxy groups -OCH3 is 1. The first-order valence-corrected chi connectivity index (χ1v) is 5.73. The van der Waals surface area contributed by atoms with Crippen molar-refractivity contribution in [3.63, 3.8) is 0 Å². The molecule has 0 aromatic heterocycles. The van der Waals surface area contributed by atoms with Crippen molar-refractivity contribution in [1.29, 1.82) is 0 Å². The number of nitrogens with one attached hydrogen (secondary N) is 1. The SMILES string of the molecule is COCC(NC1CCN(C)C1)C1CC1. The van der Waals surface area contributed by atoms with Crippen LogP contribution in [0.2, 0.25) is 0 Å². The number of hydrogen-bond donors (Lipinski definition) is 1. The highest BCUT2D eigenvalue weighted by Gasteiger charge is 2.33. The average Bonchev–Trinajstić information content (AvgIpc) is 2.91. The van der Waals surface area contributed by atoms with Gasteiger partial charge in [-0.25, -0.2) is 0 Å². The van der Waals surface area contributed by atoms with Crippen LogP contribution in [0.4, 0.5) is 0 Å². The maximum absolute atomic E-state index is 5.27. The van der Waals surface area contributed by atoms with Gasteiger partial charge in [0.1, 0.15) is 0 Å². The molecule has 82 valence electrons. The van der Waals surface area contributed by atoms with E-state index < -0.39 is 0 Å². The minimum atomic E-state index is 0.608. The van der Waals surface area contributed by atoms with E-state index in [0.29, 0.717) is 12.1 Å². The van der Waals surface area contributed by atoms with Gasteiger partial charge in [0.2, 0.25) is 0 Å². The molecule has 1 saturated carbocycles. The summed E-state index contributed by atoms with van der Waals surface area (Å²) in [6.45, 7) is 3.32. The summed E-state index contributed by atoms with van der Waals surface area (Å²) in [4.78, 5) is 2.40. The summed E-state index contributed by atoms with van der Waals surface area (Å²) in [6.07, 6.45) is 4.08. The Kier molecular flexibility index (Phi) is 3.42. The van der Waals surface area contributed by atoms with E-state index in [2.05, 4.69) is 17.3 Å². The van der Waals surface area contributed by atoms with E-state index >= 15 is 0 Å². The van der Waals surface area contributed by atoms with Gasteiger partial charge in [0, 0.05) is 25.7 Å². The topological polar surface area (TPSA) is 24.5 Å². The summed E-state index contributed by atoms with van der Waals surface area (Å²) < 4.78 is 5.27. The number of rotatable bonds is 5. The fraction of sp³-hybridized carbons (Fsp3) is 1.00. The molecule has 2 unspecified atom stereocenters. The van der Waals surface area contributed by atoms with Crippen LogP contribution in [0.15, 0.2) is 0 Å². The molecule has 2 fully saturated rings. The summed E-state index contributed by atoms with van der Waals surface area (Å²) >= 11 is 0. The number of hydrogen-bond acceptors (Lipinski definition) is 3. The second-order valence-electron chi connectivity index (χ2n) is 4.81. The Bertz CT molecular complexity index is 182. The molecule has 2 aliphatic rings. The van der Waals surface area contributed by atoms with Crippen LogP contribution in [-0.4, -0.2) is 50.8 Å². The Balaban J connectivity index is 1.75. The van der Waals surface area contributed by atoms with Gasteiger partial charge >= 0.3 is 0 Å². The number of likely N-dealkylation sites (tertiary alicyclic amines) is 1. The molecule has 0 amide bonds. The zero-order valence-corrected chi connectivity index (χ0v) is 9.33. The predicted molar refractivity (Wildman–Crippen MR) is 57.4 cm³/mol. The first kappa shape index (κ1) is 10.4. The van der Waals surface area contributed by atoms with Gasteiger partial charge in [-0.2, -0.15) is 0 Å². The average molecular weight is 198 g/mol. The second kappa shape index (κ2) is 4.60. The lowest BCUT2D eigenvalue weighted by molar-refractivity contribution is 0.151. The molecule has 3 nitrogen and oxygen atoms in total. The van der Waals surface area contributed by atoms with Crippen molar-refractivity contribution in [3.05, 3.63) is 0 Å². The standard InChI is InChI=1S/C11H22N2O/c1-13-6-5-10(7-13)12-11(8-14-2)9-3-4-9/h9-12H,3-8H2,1-2H3. The van der Waals surface area contributed by atoms with Crippen molar-refractivity contribution in [1.82, 2.24) is 10.2 Å². The quantitative estimate of drug-likeness (QED) is 0.704. The molecule has 1 aliphatic heterocycles. The van der Waals surface area contributed by atoms with Gasteiger partial charge in [-0.3, -0.25) is 0 Å². The van der Waals surface area contributed by atoms with Crippen LogP contribution in [0.5, 0.6) is 0 Å². The number of nitrogens with zero attached hydrogens (tertiary/aromatic N) is 1. The number of ether oxygens (including phenoxy) is 1. The Hall–Kier alpha value is -0.120. The highest BCUT2D eigenvalue weighted by Crippen LogP contribution is 2.33. The minimum Gasteiger partial charge on any atom is -0.383 e. The molecule has 14 heavy (non-hydrogen) atoms. The van der Waals surface area contributed by atoms with Crippen LogP contribution < -0.4 is 5.32 Å². The second-order valence-corrected chi connectivity index (χ2v) is 4.81. The van der Waals surface area contributed by atoms with E-state index in [1.165, 1.54) is 32.4 Å². The van der Waals surface area contributed by atoms with Crippen LogP contribution >= 0.6 is 0 Å². The summed E-state index contributed by atoms with van der Waals surface area (Å²) in [5, 5.41) is 3.74. The Morgan fingerprint density at radius 3 is 2.71 bits per heavy atom. The van der Waals surface area contributed by atoms with Crippen LogP contribution in [0.3, 0.4) is 0 Å². The van der Waals surface area contributed by atoms with Crippen LogP contribution in [0.25, 0.3) is 0 Å². The van der Waals surface area contributed by atoms with Crippen molar-refractivity contribution >= 4 is 0 Å². The molecule has 0 aromatic rings. The lowest BCUT2D eigenvalue weighted by atomic mass is 10.1. The van der Waals surface area contributed by atoms with E-state index in [-0.39, 0.29) is 0 Å². The zero-order chi connectivity index (χ0) is 9.97. The van der Waals surface area contributed by atoms with Gasteiger partial charge in [-0.05, 0) is 38.8 Å². The molecular formula is C11H22N2O. The van der Waals surface area contributed by atoms with Gasteiger partial charge in [0.25, 0.3) is 0 Å². The highest BCUT2D eigenvalue weighted by atomic mass is 16.5. The van der Waals surface area contributed by atoms with E-state index in [0.717, 1.165) is 12.5 Å².